The van der Waals surface area contributed by atoms with Crippen LogP contribution in [0.25, 0.3) is 0 Å². The standard InChI is InChI=1S/C13H10ClF3N2S/c1-8(11-6-7-12(14)20-11)18-19-10-5-3-2-4-9(10)13(15,16)17/h2-7,19H,1H3. The fourth-order valence-corrected chi connectivity index (χ4v) is 2.52. The third-order valence-corrected chi connectivity index (χ3v) is 3.85. The third kappa shape index (κ3) is 3.52. The minimum Gasteiger partial charge on any atom is -0.278 e. The summed E-state index contributed by atoms with van der Waals surface area (Å²) >= 11 is 7.11. The highest BCUT2D eigenvalue weighted by molar-refractivity contribution is 7.18. The van der Waals surface area contributed by atoms with E-state index in [0.717, 1.165) is 10.9 Å². The number of hydrazone groups is 1. The highest BCUT2D eigenvalue weighted by Gasteiger charge is 2.33. The van der Waals surface area contributed by atoms with Crippen molar-refractivity contribution in [1.82, 2.24) is 0 Å². The molecule has 7 heteroatoms. The van der Waals surface area contributed by atoms with Crippen LogP contribution in [0.1, 0.15) is 17.4 Å². The molecule has 1 aromatic carbocycles. The van der Waals surface area contributed by atoms with Gasteiger partial charge in [0.05, 0.1) is 26.2 Å². The first-order valence-electron chi connectivity index (χ1n) is 5.60. The van der Waals surface area contributed by atoms with Gasteiger partial charge < -0.3 is 0 Å². The molecule has 1 heterocycles. The number of rotatable bonds is 3. The second-order valence-electron chi connectivity index (χ2n) is 3.96. The quantitative estimate of drug-likeness (QED) is 0.606. The zero-order valence-corrected chi connectivity index (χ0v) is 11.9. The van der Waals surface area contributed by atoms with E-state index in [1.807, 2.05) is 0 Å². The van der Waals surface area contributed by atoms with Crippen LogP contribution in [0.5, 0.6) is 0 Å². The highest BCUT2D eigenvalue weighted by atomic mass is 35.5. The van der Waals surface area contributed by atoms with Crippen molar-refractivity contribution in [2.75, 3.05) is 5.43 Å². The van der Waals surface area contributed by atoms with Gasteiger partial charge in [0, 0.05) is 0 Å². The number of alkyl halides is 3. The lowest BCUT2D eigenvalue weighted by Gasteiger charge is -2.11. The zero-order valence-electron chi connectivity index (χ0n) is 10.3. The molecule has 0 saturated heterocycles. The zero-order chi connectivity index (χ0) is 14.8. The molecule has 0 amide bonds. The Morgan fingerprint density at radius 3 is 2.50 bits per heavy atom. The maximum Gasteiger partial charge on any atom is 0.418 e. The summed E-state index contributed by atoms with van der Waals surface area (Å²) in [6.45, 7) is 1.70. The number of para-hydroxylation sites is 1. The van der Waals surface area contributed by atoms with E-state index in [2.05, 4.69) is 10.5 Å². The lowest BCUT2D eigenvalue weighted by molar-refractivity contribution is -0.136. The first-order valence-corrected chi connectivity index (χ1v) is 6.79. The van der Waals surface area contributed by atoms with E-state index in [1.165, 1.54) is 29.5 Å². The minimum atomic E-state index is -4.42. The molecule has 2 nitrogen and oxygen atoms in total. The fourth-order valence-electron chi connectivity index (χ4n) is 1.54. The molecule has 106 valence electrons. The smallest absolute Gasteiger partial charge is 0.278 e. The molecule has 0 aliphatic heterocycles. The van der Waals surface area contributed by atoms with Gasteiger partial charge in [0.25, 0.3) is 0 Å². The van der Waals surface area contributed by atoms with Crippen LogP contribution >= 0.6 is 22.9 Å². The molecule has 0 saturated carbocycles. The predicted molar refractivity (Wildman–Crippen MR) is 76.6 cm³/mol. The van der Waals surface area contributed by atoms with Crippen molar-refractivity contribution in [3.05, 3.63) is 51.2 Å². The molecule has 2 aromatic rings. The second kappa shape index (κ2) is 5.85. The van der Waals surface area contributed by atoms with E-state index in [-0.39, 0.29) is 5.69 Å². The number of benzene rings is 1. The Kier molecular flexibility index (Phi) is 4.35. The lowest BCUT2D eigenvalue weighted by atomic mass is 10.2. The van der Waals surface area contributed by atoms with Crippen LogP contribution in [-0.4, -0.2) is 5.71 Å². The van der Waals surface area contributed by atoms with E-state index >= 15 is 0 Å². The van der Waals surface area contributed by atoms with Gasteiger partial charge in [-0.2, -0.15) is 18.3 Å². The molecule has 0 atom stereocenters. The second-order valence-corrected chi connectivity index (χ2v) is 5.67. The minimum absolute atomic E-state index is 0.0815. The van der Waals surface area contributed by atoms with Crippen LogP contribution in [-0.2, 0) is 6.18 Å². The Morgan fingerprint density at radius 1 is 1.20 bits per heavy atom. The number of hydrogen-bond donors (Lipinski definition) is 1. The van der Waals surface area contributed by atoms with Gasteiger partial charge in [-0.15, -0.1) is 11.3 Å². The van der Waals surface area contributed by atoms with E-state index in [0.29, 0.717) is 10.0 Å². The number of anilines is 1. The number of nitrogens with zero attached hydrogens (tertiary/aromatic N) is 1. The van der Waals surface area contributed by atoms with Crippen LogP contribution in [0.2, 0.25) is 4.34 Å². The molecule has 20 heavy (non-hydrogen) atoms. The summed E-state index contributed by atoms with van der Waals surface area (Å²) < 4.78 is 39.0. The summed E-state index contributed by atoms with van der Waals surface area (Å²) in [6, 6.07) is 8.68. The van der Waals surface area contributed by atoms with Crippen LogP contribution in [0.15, 0.2) is 41.5 Å². The number of halogens is 4. The summed E-state index contributed by atoms with van der Waals surface area (Å²) in [5.74, 6) is 0. The molecule has 0 spiro atoms. The predicted octanol–water partition coefficient (Wildman–Crippen LogP) is 5.26. The van der Waals surface area contributed by atoms with Gasteiger partial charge in [-0.05, 0) is 31.2 Å². The Bertz CT molecular complexity index is 635. The maximum atomic E-state index is 12.8. The Hall–Kier alpha value is -1.53. The summed E-state index contributed by atoms with van der Waals surface area (Å²) in [5.41, 5.74) is 2.20. The van der Waals surface area contributed by atoms with Gasteiger partial charge in [-0.3, -0.25) is 5.43 Å². The molecular formula is C13H10ClF3N2S. The Labute approximate surface area is 122 Å². The molecule has 0 fully saturated rings. The van der Waals surface area contributed by atoms with Gasteiger partial charge in [0.15, 0.2) is 0 Å². The van der Waals surface area contributed by atoms with Crippen molar-refractivity contribution in [2.24, 2.45) is 5.10 Å². The van der Waals surface area contributed by atoms with Gasteiger partial charge in [0.1, 0.15) is 0 Å². The van der Waals surface area contributed by atoms with Crippen LogP contribution in [0.4, 0.5) is 18.9 Å². The molecule has 1 aromatic heterocycles. The summed E-state index contributed by atoms with van der Waals surface area (Å²) in [6.07, 6.45) is -4.42. The molecule has 0 aliphatic carbocycles. The Balaban J connectivity index is 2.23. The van der Waals surface area contributed by atoms with Crippen molar-refractivity contribution < 1.29 is 13.2 Å². The summed E-state index contributed by atoms with van der Waals surface area (Å²) in [7, 11) is 0. The van der Waals surface area contributed by atoms with Crippen LogP contribution < -0.4 is 5.43 Å². The molecule has 2 rings (SSSR count). The molecule has 0 aliphatic rings. The number of thiophene rings is 1. The highest BCUT2D eigenvalue weighted by Crippen LogP contribution is 2.34. The fraction of sp³-hybridized carbons (Fsp3) is 0.154. The molecule has 1 N–H and O–H groups in total. The Morgan fingerprint density at radius 2 is 1.90 bits per heavy atom. The normalized spacial score (nSPS) is 12.6. The molecule has 0 radical (unpaired) electrons. The topological polar surface area (TPSA) is 24.4 Å². The van der Waals surface area contributed by atoms with Crippen molar-refractivity contribution in [2.45, 2.75) is 13.1 Å². The summed E-state index contributed by atoms with van der Waals surface area (Å²) in [4.78, 5) is 0.798. The van der Waals surface area contributed by atoms with E-state index in [1.54, 1.807) is 19.1 Å². The van der Waals surface area contributed by atoms with Crippen molar-refractivity contribution in [3.63, 3.8) is 0 Å². The van der Waals surface area contributed by atoms with Crippen LogP contribution in [0, 0.1) is 0 Å². The molecule has 0 unspecified atom stereocenters. The summed E-state index contributed by atoms with van der Waals surface area (Å²) in [5, 5.41) is 3.97. The lowest BCUT2D eigenvalue weighted by Crippen LogP contribution is -2.09. The third-order valence-electron chi connectivity index (χ3n) is 2.51. The molecule has 0 bridgehead atoms. The number of nitrogens with one attached hydrogen (secondary N) is 1. The van der Waals surface area contributed by atoms with Gasteiger partial charge in [0.2, 0.25) is 0 Å². The van der Waals surface area contributed by atoms with Gasteiger partial charge in [-0.25, -0.2) is 0 Å². The largest absolute Gasteiger partial charge is 0.418 e. The average Bonchev–Trinajstić information content (AvgIpc) is 2.82. The van der Waals surface area contributed by atoms with Crippen molar-refractivity contribution in [1.29, 1.82) is 0 Å². The van der Waals surface area contributed by atoms with Crippen molar-refractivity contribution >= 4 is 34.3 Å². The van der Waals surface area contributed by atoms with E-state index in [4.69, 9.17) is 11.6 Å². The van der Waals surface area contributed by atoms with E-state index in [9.17, 15) is 13.2 Å². The van der Waals surface area contributed by atoms with Gasteiger partial charge >= 0.3 is 6.18 Å². The van der Waals surface area contributed by atoms with E-state index < -0.39 is 11.7 Å². The number of hydrogen-bond acceptors (Lipinski definition) is 3. The maximum absolute atomic E-state index is 12.8. The first kappa shape index (κ1) is 14.9. The monoisotopic (exact) mass is 318 g/mol. The van der Waals surface area contributed by atoms with Crippen LogP contribution in [0.3, 0.4) is 0 Å². The SMILES string of the molecule is CC(=NNc1ccccc1C(F)(F)F)c1ccc(Cl)s1. The first-order chi connectivity index (χ1) is 9.38. The van der Waals surface area contributed by atoms with Gasteiger partial charge in [-0.1, -0.05) is 23.7 Å². The van der Waals surface area contributed by atoms with Crippen molar-refractivity contribution in [3.8, 4) is 0 Å². The average molecular weight is 319 g/mol. The molecular weight excluding hydrogens is 309 g/mol.